The molecule has 0 fully saturated rings. The van der Waals surface area contributed by atoms with Gasteiger partial charge in [-0.2, -0.15) is 5.10 Å². The Kier molecular flexibility index (Phi) is 6.69. The number of aryl methyl sites for hydroxylation is 1. The van der Waals surface area contributed by atoms with Gasteiger partial charge in [0.2, 0.25) is 0 Å². The van der Waals surface area contributed by atoms with Gasteiger partial charge in [0.25, 0.3) is 5.91 Å². The van der Waals surface area contributed by atoms with Gasteiger partial charge in [-0.15, -0.1) is 0 Å². The van der Waals surface area contributed by atoms with Gasteiger partial charge in [0.1, 0.15) is 6.61 Å². The van der Waals surface area contributed by atoms with E-state index in [1.807, 2.05) is 73.7 Å². The number of rotatable bonds is 5. The lowest BCUT2D eigenvalue weighted by Gasteiger charge is -2.22. The van der Waals surface area contributed by atoms with Gasteiger partial charge < -0.3 is 4.74 Å². The minimum Gasteiger partial charge on any atom is -0.375 e. The molecule has 7 heteroatoms. The number of carbonyl (C=O) groups is 1. The average molecular weight is 549 g/mol. The van der Waals surface area contributed by atoms with Crippen LogP contribution in [0.2, 0.25) is 5.02 Å². The molecule has 1 aromatic heterocycles. The topological polar surface area (TPSA) is 54.8 Å². The van der Waals surface area contributed by atoms with E-state index in [-0.39, 0.29) is 18.6 Å². The zero-order valence-corrected chi connectivity index (χ0v) is 21.7. The lowest BCUT2D eigenvalue weighted by molar-refractivity contribution is -0.137. The molecule has 35 heavy (non-hydrogen) atoms. The molecule has 0 bridgehead atoms. The molecule has 0 saturated heterocycles. The highest BCUT2D eigenvalue weighted by Gasteiger charge is 2.35. The summed E-state index contributed by atoms with van der Waals surface area (Å²) in [7, 11) is 1.52. The average Bonchev–Trinajstić information content (AvgIpc) is 3.29. The van der Waals surface area contributed by atoms with Gasteiger partial charge in [0.05, 0.1) is 17.3 Å². The summed E-state index contributed by atoms with van der Waals surface area (Å²) >= 11 is 9.76. The molecule has 5 nitrogen and oxygen atoms in total. The van der Waals surface area contributed by atoms with E-state index in [9.17, 15) is 4.79 Å². The van der Waals surface area contributed by atoms with Crippen LogP contribution >= 0.6 is 27.5 Å². The second-order valence-corrected chi connectivity index (χ2v) is 9.82. The molecule has 1 amide bonds. The Balaban J connectivity index is 1.71. The number of fused-ring (bicyclic) bond motifs is 1. The number of amides is 1. The number of carbonyl (C=O) groups excluding carboxylic acids is 1. The Labute approximate surface area is 217 Å². The number of aromatic nitrogens is 1. The Morgan fingerprint density at radius 2 is 1.86 bits per heavy atom. The number of ether oxygens (including phenoxy) is 1. The highest BCUT2D eigenvalue weighted by atomic mass is 79.9. The highest BCUT2D eigenvalue weighted by Crippen LogP contribution is 2.40. The lowest BCUT2D eigenvalue weighted by Crippen LogP contribution is -2.30. The van der Waals surface area contributed by atoms with Crippen molar-refractivity contribution in [3.63, 3.8) is 0 Å². The summed E-state index contributed by atoms with van der Waals surface area (Å²) in [5.74, 6) is -0.188. The van der Waals surface area contributed by atoms with Crippen LogP contribution in [0.1, 0.15) is 29.3 Å². The molecule has 0 saturated carbocycles. The molecule has 1 aliphatic rings. The predicted octanol–water partition coefficient (Wildman–Crippen LogP) is 6.95. The van der Waals surface area contributed by atoms with Crippen molar-refractivity contribution in [1.29, 1.82) is 0 Å². The fourth-order valence-electron chi connectivity index (χ4n) is 4.66. The summed E-state index contributed by atoms with van der Waals surface area (Å²) in [6.45, 7) is 1.96. The number of hydrogen-bond donors (Lipinski definition) is 0. The fourth-order valence-corrected chi connectivity index (χ4v) is 5.20. The predicted molar refractivity (Wildman–Crippen MR) is 144 cm³/mol. The van der Waals surface area contributed by atoms with Crippen LogP contribution in [0.3, 0.4) is 0 Å². The standard InChI is InChI=1S/C28H23BrClN3O2/c1-17-27(28(18-10-12-21(30)13-11-18)22-8-3-4-9-23(22)31-17)24-15-25(19-6-5-7-20(29)14-19)33(32-24)26(34)16-35-2/h3-14,25H,15-16H2,1-2H3. The first-order valence-electron chi connectivity index (χ1n) is 11.3. The van der Waals surface area contributed by atoms with Gasteiger partial charge in [-0.25, -0.2) is 5.01 Å². The van der Waals surface area contributed by atoms with Crippen molar-refractivity contribution in [2.45, 2.75) is 19.4 Å². The lowest BCUT2D eigenvalue weighted by atomic mass is 9.89. The monoisotopic (exact) mass is 547 g/mol. The highest BCUT2D eigenvalue weighted by molar-refractivity contribution is 9.10. The summed E-state index contributed by atoms with van der Waals surface area (Å²) < 4.78 is 6.11. The first-order chi connectivity index (χ1) is 17.0. The van der Waals surface area contributed by atoms with Crippen molar-refractivity contribution in [3.05, 3.63) is 99.1 Å². The van der Waals surface area contributed by atoms with Crippen molar-refractivity contribution >= 4 is 50.1 Å². The van der Waals surface area contributed by atoms with Gasteiger partial charge in [0.15, 0.2) is 0 Å². The zero-order chi connectivity index (χ0) is 24.5. The minimum atomic E-state index is -0.242. The molecular formula is C28H23BrClN3O2. The molecule has 0 aliphatic carbocycles. The molecule has 2 heterocycles. The molecule has 3 aromatic carbocycles. The number of pyridine rings is 1. The summed E-state index contributed by atoms with van der Waals surface area (Å²) in [5, 5.41) is 8.13. The molecule has 176 valence electrons. The second kappa shape index (κ2) is 9.90. The van der Waals surface area contributed by atoms with Gasteiger partial charge in [-0.3, -0.25) is 9.78 Å². The Hall–Kier alpha value is -3.06. The van der Waals surface area contributed by atoms with Crippen molar-refractivity contribution in [1.82, 2.24) is 9.99 Å². The van der Waals surface area contributed by atoms with Crippen LogP contribution in [-0.2, 0) is 9.53 Å². The van der Waals surface area contributed by atoms with Crippen molar-refractivity contribution in [2.75, 3.05) is 13.7 Å². The normalized spacial score (nSPS) is 15.5. The summed E-state index contributed by atoms with van der Waals surface area (Å²) in [5.41, 5.74) is 6.60. The van der Waals surface area contributed by atoms with Crippen LogP contribution < -0.4 is 0 Å². The van der Waals surface area contributed by atoms with E-state index in [0.717, 1.165) is 49.0 Å². The number of methoxy groups -OCH3 is 1. The second-order valence-electron chi connectivity index (χ2n) is 8.46. The van der Waals surface area contributed by atoms with Crippen LogP contribution in [0, 0.1) is 6.92 Å². The molecule has 1 atom stereocenters. The maximum atomic E-state index is 13.0. The first kappa shape index (κ1) is 23.7. The molecule has 0 N–H and O–H groups in total. The van der Waals surface area contributed by atoms with E-state index in [4.69, 9.17) is 26.4 Å². The van der Waals surface area contributed by atoms with Gasteiger partial charge >= 0.3 is 0 Å². The Morgan fingerprint density at radius 3 is 2.60 bits per heavy atom. The number of nitrogens with zero attached hydrogens (tertiary/aromatic N) is 3. The zero-order valence-electron chi connectivity index (χ0n) is 19.3. The quantitative estimate of drug-likeness (QED) is 0.271. The number of hydrazone groups is 1. The number of para-hydroxylation sites is 1. The van der Waals surface area contributed by atoms with Crippen molar-refractivity contribution in [2.24, 2.45) is 5.10 Å². The van der Waals surface area contributed by atoms with Crippen molar-refractivity contribution < 1.29 is 9.53 Å². The van der Waals surface area contributed by atoms with Crippen LogP contribution in [0.4, 0.5) is 0 Å². The molecular weight excluding hydrogens is 526 g/mol. The van der Waals surface area contributed by atoms with E-state index >= 15 is 0 Å². The summed E-state index contributed by atoms with van der Waals surface area (Å²) in [6, 6.07) is 23.6. The van der Waals surface area contributed by atoms with Crippen LogP contribution in [0.25, 0.3) is 22.0 Å². The fraction of sp³-hybridized carbons (Fsp3) is 0.179. The van der Waals surface area contributed by atoms with Crippen LogP contribution in [0.5, 0.6) is 0 Å². The SMILES string of the molecule is COCC(=O)N1N=C(c2c(C)nc3ccccc3c2-c2ccc(Cl)cc2)CC1c1cccc(Br)c1. The number of halogens is 2. The molecule has 1 aliphatic heterocycles. The van der Waals surface area contributed by atoms with Gasteiger partial charge in [-0.1, -0.05) is 70.0 Å². The Bertz CT molecular complexity index is 1450. The molecule has 5 rings (SSSR count). The Morgan fingerprint density at radius 1 is 1.09 bits per heavy atom. The van der Waals surface area contributed by atoms with Crippen LogP contribution in [-0.4, -0.2) is 35.3 Å². The third-order valence-electron chi connectivity index (χ3n) is 6.16. The van der Waals surface area contributed by atoms with Gasteiger partial charge in [0, 0.05) is 45.2 Å². The van der Waals surface area contributed by atoms with Gasteiger partial charge in [-0.05, 0) is 48.4 Å². The first-order valence-corrected chi connectivity index (χ1v) is 12.4. The third kappa shape index (κ3) is 4.61. The summed E-state index contributed by atoms with van der Waals surface area (Å²) in [4.78, 5) is 17.9. The van der Waals surface area contributed by atoms with E-state index in [0.29, 0.717) is 11.4 Å². The molecule has 0 radical (unpaired) electrons. The number of benzene rings is 3. The minimum absolute atomic E-state index is 0.0414. The molecule has 4 aromatic rings. The van der Waals surface area contributed by atoms with E-state index in [2.05, 4.69) is 22.0 Å². The smallest absolute Gasteiger partial charge is 0.269 e. The van der Waals surface area contributed by atoms with E-state index < -0.39 is 0 Å². The molecule has 1 unspecified atom stereocenters. The maximum absolute atomic E-state index is 13.0. The maximum Gasteiger partial charge on any atom is 0.269 e. The van der Waals surface area contributed by atoms with Crippen LogP contribution in [0.15, 0.2) is 82.4 Å². The largest absolute Gasteiger partial charge is 0.375 e. The van der Waals surface area contributed by atoms with Crippen molar-refractivity contribution in [3.8, 4) is 11.1 Å². The third-order valence-corrected chi connectivity index (χ3v) is 6.91. The van der Waals surface area contributed by atoms with E-state index in [1.54, 1.807) is 5.01 Å². The number of hydrogen-bond acceptors (Lipinski definition) is 4. The molecule has 0 spiro atoms. The summed E-state index contributed by atoms with van der Waals surface area (Å²) in [6.07, 6.45) is 0.563. The van der Waals surface area contributed by atoms with E-state index in [1.165, 1.54) is 7.11 Å².